The topological polar surface area (TPSA) is 113 Å². The molecular weight excluding hydrogens is 460 g/mol. The summed E-state index contributed by atoms with van der Waals surface area (Å²) >= 11 is 0. The summed E-state index contributed by atoms with van der Waals surface area (Å²) in [4.78, 5) is 12.2. The fourth-order valence-electron chi connectivity index (χ4n) is 5.39. The maximum absolute atomic E-state index is 15.2. The highest BCUT2D eigenvalue weighted by Gasteiger charge is 2.52. The van der Waals surface area contributed by atoms with Crippen LogP contribution in [0, 0.1) is 28.9 Å². The van der Waals surface area contributed by atoms with Crippen molar-refractivity contribution in [2.45, 2.75) is 54.6 Å². The van der Waals surface area contributed by atoms with Crippen molar-refractivity contribution in [2.24, 2.45) is 11.7 Å². The number of halogens is 2. The van der Waals surface area contributed by atoms with E-state index in [1.165, 1.54) is 0 Å². The Balaban J connectivity index is 1.64. The molecule has 0 aromatic heterocycles. The van der Waals surface area contributed by atoms with Crippen LogP contribution in [0.3, 0.4) is 0 Å². The van der Waals surface area contributed by atoms with E-state index >= 15 is 8.78 Å². The minimum atomic E-state index is -3.71. The molecule has 2 aromatic rings. The normalized spacial score (nSPS) is 30.2. The number of rotatable bonds is 6. The summed E-state index contributed by atoms with van der Waals surface area (Å²) in [6, 6.07) is 12.3. The third kappa shape index (κ3) is 4.10. The van der Waals surface area contributed by atoms with Crippen LogP contribution in [-0.2, 0) is 26.5 Å². The van der Waals surface area contributed by atoms with E-state index in [1.54, 1.807) is 37.3 Å². The Morgan fingerprint density at radius 2 is 1.88 bits per heavy atom. The molecule has 1 saturated carbocycles. The van der Waals surface area contributed by atoms with Crippen molar-refractivity contribution >= 4 is 15.7 Å². The number of amides is 1. The zero-order valence-corrected chi connectivity index (χ0v) is 19.6. The SMILES string of the molecule is C[C@@H]1NC[C@@H](c2ccccc2)S(=O)(=O)C1Cc1cc(F)c(C2(C(N)=O)CC(CC#N)C2)cc1F. The predicted molar refractivity (Wildman–Crippen MR) is 123 cm³/mol. The lowest BCUT2D eigenvalue weighted by atomic mass is 9.57. The second-order valence-electron chi connectivity index (χ2n) is 9.43. The van der Waals surface area contributed by atoms with Gasteiger partial charge in [0.15, 0.2) is 9.84 Å². The van der Waals surface area contributed by atoms with Gasteiger partial charge in [-0.1, -0.05) is 30.3 Å². The third-order valence-electron chi connectivity index (χ3n) is 7.37. The van der Waals surface area contributed by atoms with Crippen molar-refractivity contribution in [3.63, 3.8) is 0 Å². The molecule has 0 spiro atoms. The standard InChI is InChI=1S/C25H27F2N3O3S/c1-15-22(34(32,33)23(14-30-15)17-5-3-2-4-6-17)10-18-9-21(27)19(11-20(18)26)25(24(29)31)12-16(13-25)7-8-28/h2-6,9,11,15-16,22-23,30H,7,10,12-14H2,1H3,(H2,29,31)/t15-,16?,22?,23-,25?/m0/s1. The summed E-state index contributed by atoms with van der Waals surface area (Å²) in [6.45, 7) is 1.96. The maximum Gasteiger partial charge on any atom is 0.228 e. The van der Waals surface area contributed by atoms with Gasteiger partial charge in [-0.05, 0) is 55.4 Å². The second-order valence-corrected chi connectivity index (χ2v) is 11.8. The summed E-state index contributed by atoms with van der Waals surface area (Å²) in [5.41, 5.74) is 4.66. The van der Waals surface area contributed by atoms with Crippen LogP contribution in [-0.4, -0.2) is 32.2 Å². The number of benzene rings is 2. The van der Waals surface area contributed by atoms with E-state index in [0.717, 1.165) is 12.1 Å². The molecule has 0 bridgehead atoms. The third-order valence-corrected chi connectivity index (χ3v) is 10.0. The molecule has 1 amide bonds. The first-order chi connectivity index (χ1) is 16.1. The summed E-state index contributed by atoms with van der Waals surface area (Å²) in [6.07, 6.45) is 0.373. The van der Waals surface area contributed by atoms with Crippen molar-refractivity contribution in [3.05, 3.63) is 70.8 Å². The number of hydrogen-bond acceptors (Lipinski definition) is 5. The minimum Gasteiger partial charge on any atom is -0.369 e. The smallest absolute Gasteiger partial charge is 0.228 e. The van der Waals surface area contributed by atoms with Crippen LogP contribution >= 0.6 is 0 Å². The minimum absolute atomic E-state index is 0.0651. The van der Waals surface area contributed by atoms with E-state index in [1.807, 2.05) is 6.07 Å². The number of nitrogens with one attached hydrogen (secondary N) is 1. The first-order valence-electron chi connectivity index (χ1n) is 11.3. The van der Waals surface area contributed by atoms with Gasteiger partial charge in [-0.3, -0.25) is 4.79 Å². The van der Waals surface area contributed by atoms with Crippen molar-refractivity contribution in [2.75, 3.05) is 6.54 Å². The fourth-order valence-corrected chi connectivity index (χ4v) is 7.75. The zero-order valence-electron chi connectivity index (χ0n) is 18.8. The number of nitriles is 1. The zero-order chi connectivity index (χ0) is 24.7. The van der Waals surface area contributed by atoms with Crippen LogP contribution < -0.4 is 11.1 Å². The van der Waals surface area contributed by atoms with Crippen LogP contribution in [0.15, 0.2) is 42.5 Å². The molecule has 2 aromatic carbocycles. The molecule has 1 unspecified atom stereocenters. The van der Waals surface area contributed by atoms with E-state index in [2.05, 4.69) is 5.32 Å². The molecule has 0 radical (unpaired) electrons. The van der Waals surface area contributed by atoms with Crippen molar-refractivity contribution in [1.29, 1.82) is 5.26 Å². The van der Waals surface area contributed by atoms with Crippen molar-refractivity contribution in [1.82, 2.24) is 5.32 Å². The Hall–Kier alpha value is -2.83. The van der Waals surface area contributed by atoms with Crippen LogP contribution in [0.2, 0.25) is 0 Å². The lowest BCUT2D eigenvalue weighted by Gasteiger charge is -2.45. The number of nitrogens with two attached hydrogens (primary N) is 1. The van der Waals surface area contributed by atoms with Gasteiger partial charge in [0.1, 0.15) is 11.6 Å². The number of nitrogens with zero attached hydrogens (tertiary/aromatic N) is 1. The average Bonchev–Trinajstić information content (AvgIpc) is 2.76. The van der Waals surface area contributed by atoms with E-state index < -0.39 is 49.3 Å². The first-order valence-corrected chi connectivity index (χ1v) is 12.9. The lowest BCUT2D eigenvalue weighted by molar-refractivity contribution is -0.128. The molecule has 1 aliphatic carbocycles. The van der Waals surface area contributed by atoms with Gasteiger partial charge >= 0.3 is 0 Å². The first kappa shape index (κ1) is 24.3. The largest absolute Gasteiger partial charge is 0.369 e. The van der Waals surface area contributed by atoms with Crippen LogP contribution in [0.25, 0.3) is 0 Å². The van der Waals surface area contributed by atoms with Gasteiger partial charge in [0, 0.05) is 24.6 Å². The highest BCUT2D eigenvalue weighted by molar-refractivity contribution is 7.92. The number of carbonyl (C=O) groups is 1. The lowest BCUT2D eigenvalue weighted by Crippen LogP contribution is -2.53. The van der Waals surface area contributed by atoms with Gasteiger partial charge in [0.2, 0.25) is 5.91 Å². The van der Waals surface area contributed by atoms with Gasteiger partial charge in [0.25, 0.3) is 0 Å². The highest BCUT2D eigenvalue weighted by atomic mass is 32.2. The Kier molecular flexibility index (Phi) is 6.49. The molecule has 3 N–H and O–H groups in total. The van der Waals surface area contributed by atoms with Crippen LogP contribution in [0.5, 0.6) is 0 Å². The van der Waals surface area contributed by atoms with Gasteiger partial charge in [-0.15, -0.1) is 0 Å². The molecular formula is C25H27F2N3O3S. The molecule has 4 rings (SSSR count). The number of primary amides is 1. The van der Waals surface area contributed by atoms with E-state index in [0.29, 0.717) is 5.56 Å². The molecule has 34 heavy (non-hydrogen) atoms. The van der Waals surface area contributed by atoms with E-state index in [-0.39, 0.29) is 49.3 Å². The summed E-state index contributed by atoms with van der Waals surface area (Å²) in [5.74, 6) is -2.43. The Labute approximate surface area is 198 Å². The number of carbonyl (C=O) groups excluding carboxylic acids is 1. The predicted octanol–water partition coefficient (Wildman–Crippen LogP) is 3.07. The quantitative estimate of drug-likeness (QED) is 0.650. The molecule has 3 atom stereocenters. The molecule has 6 nitrogen and oxygen atoms in total. The Morgan fingerprint density at radius 1 is 1.21 bits per heavy atom. The molecule has 9 heteroatoms. The van der Waals surface area contributed by atoms with Crippen molar-refractivity contribution < 1.29 is 22.0 Å². The number of sulfone groups is 1. The molecule has 180 valence electrons. The Bertz CT molecular complexity index is 1240. The van der Waals surface area contributed by atoms with Gasteiger partial charge in [-0.2, -0.15) is 5.26 Å². The molecule has 2 fully saturated rings. The Morgan fingerprint density at radius 3 is 2.50 bits per heavy atom. The van der Waals surface area contributed by atoms with Gasteiger partial charge in [0.05, 0.1) is 22.0 Å². The maximum atomic E-state index is 15.2. The average molecular weight is 488 g/mol. The van der Waals surface area contributed by atoms with Gasteiger partial charge in [-0.25, -0.2) is 17.2 Å². The van der Waals surface area contributed by atoms with Gasteiger partial charge < -0.3 is 11.1 Å². The number of hydrogen-bond donors (Lipinski definition) is 2. The molecule has 1 aliphatic heterocycles. The molecule has 1 heterocycles. The fraction of sp³-hybridized carbons (Fsp3) is 0.440. The highest BCUT2D eigenvalue weighted by Crippen LogP contribution is 2.50. The molecule has 2 aliphatic rings. The summed E-state index contributed by atoms with van der Waals surface area (Å²) in [7, 11) is -3.71. The monoisotopic (exact) mass is 487 g/mol. The van der Waals surface area contributed by atoms with Crippen LogP contribution in [0.4, 0.5) is 8.78 Å². The van der Waals surface area contributed by atoms with E-state index in [9.17, 15) is 13.2 Å². The summed E-state index contributed by atoms with van der Waals surface area (Å²) < 4.78 is 57.3. The second kappa shape index (κ2) is 9.08. The van der Waals surface area contributed by atoms with E-state index in [4.69, 9.17) is 11.0 Å². The molecule has 1 saturated heterocycles. The van der Waals surface area contributed by atoms with Crippen LogP contribution in [0.1, 0.15) is 48.1 Å². The van der Waals surface area contributed by atoms with Crippen molar-refractivity contribution in [3.8, 4) is 6.07 Å². The summed E-state index contributed by atoms with van der Waals surface area (Å²) in [5, 5.41) is 10.3.